The Morgan fingerprint density at radius 1 is 1.20 bits per heavy atom. The maximum absolute atomic E-state index is 13.8. The van der Waals surface area contributed by atoms with E-state index < -0.39 is 0 Å². The highest BCUT2D eigenvalue weighted by molar-refractivity contribution is 7.99. The third-order valence-corrected chi connectivity index (χ3v) is 8.38. The number of aryl methyl sites for hydroxylation is 2. The number of thiophene rings is 1. The first-order valence-corrected chi connectivity index (χ1v) is 13.4. The van der Waals surface area contributed by atoms with E-state index in [4.69, 9.17) is 9.72 Å². The van der Waals surface area contributed by atoms with Gasteiger partial charge in [0.15, 0.2) is 5.16 Å². The van der Waals surface area contributed by atoms with Gasteiger partial charge in [0.2, 0.25) is 5.91 Å². The lowest BCUT2D eigenvalue weighted by Crippen LogP contribution is -2.23. The predicted molar refractivity (Wildman–Crippen MR) is 143 cm³/mol. The van der Waals surface area contributed by atoms with Crippen LogP contribution in [0.15, 0.2) is 58.5 Å². The highest BCUT2D eigenvalue weighted by Gasteiger charge is 2.25. The molecule has 0 fully saturated rings. The van der Waals surface area contributed by atoms with Gasteiger partial charge >= 0.3 is 0 Å². The Kier molecular flexibility index (Phi) is 6.67. The second-order valence-electron chi connectivity index (χ2n) is 8.97. The molecule has 0 spiro atoms. The van der Waals surface area contributed by atoms with E-state index in [9.17, 15) is 9.59 Å². The summed E-state index contributed by atoms with van der Waals surface area (Å²) in [6.07, 6.45) is 3.00. The number of amides is 1. The fourth-order valence-corrected chi connectivity index (χ4v) is 6.63. The zero-order valence-corrected chi connectivity index (χ0v) is 21.6. The smallest absolute Gasteiger partial charge is 0.267 e. The highest BCUT2D eigenvalue weighted by Crippen LogP contribution is 2.37. The van der Waals surface area contributed by atoms with Gasteiger partial charge in [0.1, 0.15) is 10.6 Å². The lowest BCUT2D eigenvalue weighted by atomic mass is 9.89. The van der Waals surface area contributed by atoms with Crippen molar-refractivity contribution in [3.8, 4) is 11.4 Å². The second kappa shape index (κ2) is 9.87. The lowest BCUT2D eigenvalue weighted by molar-refractivity contribution is -0.113. The second-order valence-corrected chi connectivity index (χ2v) is 11.0. The molecule has 0 radical (unpaired) electrons. The maximum atomic E-state index is 13.8. The number of thioether (sulfide) groups is 1. The van der Waals surface area contributed by atoms with Crippen LogP contribution in [0.25, 0.3) is 15.9 Å². The molecule has 35 heavy (non-hydrogen) atoms. The molecule has 0 bridgehead atoms. The van der Waals surface area contributed by atoms with Gasteiger partial charge in [0.05, 0.1) is 23.9 Å². The molecule has 6 nitrogen and oxygen atoms in total. The van der Waals surface area contributed by atoms with Crippen LogP contribution in [0.2, 0.25) is 0 Å². The largest absolute Gasteiger partial charge is 0.497 e. The van der Waals surface area contributed by atoms with Crippen LogP contribution in [0, 0.1) is 12.8 Å². The molecule has 1 N–H and O–H groups in total. The summed E-state index contributed by atoms with van der Waals surface area (Å²) >= 11 is 2.91. The minimum Gasteiger partial charge on any atom is -0.497 e. The van der Waals surface area contributed by atoms with Crippen LogP contribution >= 0.6 is 23.1 Å². The van der Waals surface area contributed by atoms with Crippen LogP contribution in [0.5, 0.6) is 5.75 Å². The molecular formula is C27H27N3O3S2. The first-order chi connectivity index (χ1) is 16.9. The van der Waals surface area contributed by atoms with E-state index in [1.54, 1.807) is 47.3 Å². The molecular weight excluding hydrogens is 478 g/mol. The van der Waals surface area contributed by atoms with Gasteiger partial charge in [-0.2, -0.15) is 0 Å². The average Bonchev–Trinajstić information content (AvgIpc) is 3.21. The van der Waals surface area contributed by atoms with E-state index in [2.05, 4.69) is 12.2 Å². The number of nitrogens with one attached hydrogen (secondary N) is 1. The zero-order chi connectivity index (χ0) is 24.5. The number of carbonyl (C=O) groups excluding carboxylic acids is 1. The number of hydrogen-bond donors (Lipinski definition) is 1. The molecule has 1 aliphatic rings. The van der Waals surface area contributed by atoms with E-state index in [-0.39, 0.29) is 17.2 Å². The molecule has 180 valence electrons. The Morgan fingerprint density at radius 2 is 1.94 bits per heavy atom. The Hall–Kier alpha value is -3.10. The molecule has 2 heterocycles. The number of methoxy groups -OCH3 is 1. The molecule has 8 heteroatoms. The van der Waals surface area contributed by atoms with Crippen molar-refractivity contribution >= 4 is 44.9 Å². The maximum Gasteiger partial charge on any atom is 0.267 e. The van der Waals surface area contributed by atoms with Gasteiger partial charge in [-0.05, 0) is 74.1 Å². The summed E-state index contributed by atoms with van der Waals surface area (Å²) in [5.74, 6) is 1.32. The van der Waals surface area contributed by atoms with E-state index in [1.165, 1.54) is 16.6 Å². The number of aromatic nitrogens is 2. The van der Waals surface area contributed by atoms with E-state index in [0.29, 0.717) is 16.8 Å². The van der Waals surface area contributed by atoms with Crippen LogP contribution < -0.4 is 15.6 Å². The number of ether oxygens (including phenoxy) is 1. The van der Waals surface area contributed by atoms with Crippen molar-refractivity contribution in [2.45, 2.75) is 38.3 Å². The van der Waals surface area contributed by atoms with Crippen LogP contribution in [-0.4, -0.2) is 28.3 Å². The molecule has 4 aromatic rings. The van der Waals surface area contributed by atoms with E-state index in [1.807, 2.05) is 31.2 Å². The van der Waals surface area contributed by atoms with Gasteiger partial charge in [-0.1, -0.05) is 36.4 Å². The molecule has 1 amide bonds. The molecule has 2 aromatic carbocycles. The zero-order valence-electron chi connectivity index (χ0n) is 20.0. The minimum absolute atomic E-state index is 0.0519. The van der Waals surface area contributed by atoms with Crippen molar-refractivity contribution in [3.05, 3.63) is 74.9 Å². The molecule has 2 aromatic heterocycles. The van der Waals surface area contributed by atoms with Gasteiger partial charge in [0, 0.05) is 10.6 Å². The molecule has 0 saturated carbocycles. The number of carbonyl (C=O) groups is 1. The van der Waals surface area contributed by atoms with Gasteiger partial charge < -0.3 is 10.1 Å². The first-order valence-electron chi connectivity index (χ1n) is 11.6. The monoisotopic (exact) mass is 505 g/mol. The van der Waals surface area contributed by atoms with Crippen LogP contribution in [0.1, 0.15) is 29.3 Å². The summed E-state index contributed by atoms with van der Waals surface area (Å²) < 4.78 is 6.83. The third-order valence-electron chi connectivity index (χ3n) is 6.30. The van der Waals surface area contributed by atoms with Crippen LogP contribution in [-0.2, 0) is 17.6 Å². The van der Waals surface area contributed by atoms with Gasteiger partial charge in [0.25, 0.3) is 5.56 Å². The summed E-state index contributed by atoms with van der Waals surface area (Å²) in [6, 6.07) is 15.0. The Labute approximate surface area is 212 Å². The summed E-state index contributed by atoms with van der Waals surface area (Å²) in [6.45, 7) is 4.28. The Balaban J connectivity index is 1.49. The number of benzene rings is 2. The summed E-state index contributed by atoms with van der Waals surface area (Å²) in [7, 11) is 1.60. The first kappa shape index (κ1) is 23.6. The number of anilines is 1. The average molecular weight is 506 g/mol. The van der Waals surface area contributed by atoms with Gasteiger partial charge in [-0.25, -0.2) is 4.98 Å². The fraction of sp³-hybridized carbons (Fsp3) is 0.296. The standard InChI is InChI=1S/C27H27N3O3S2/c1-16-4-9-19(10-5-16)30-26(32)24-21-13-6-17(2)14-22(21)35-25(24)29-27(30)34-15-23(31)28-18-7-11-20(33-3)12-8-18/h4-5,7-12,17H,6,13-15H2,1-3H3,(H,28,31). The van der Waals surface area contributed by atoms with Gasteiger partial charge in [-0.3, -0.25) is 14.2 Å². The molecule has 1 aliphatic carbocycles. The van der Waals surface area contributed by atoms with Crippen molar-refractivity contribution in [2.75, 3.05) is 18.2 Å². The molecule has 0 saturated heterocycles. The SMILES string of the molecule is COc1ccc(NC(=O)CSc2nc3sc4c(c3c(=O)n2-c2ccc(C)cc2)CCC(C)C4)cc1. The van der Waals surface area contributed by atoms with Crippen molar-refractivity contribution in [1.29, 1.82) is 0 Å². The fourth-order valence-electron chi connectivity index (χ4n) is 4.39. The molecule has 0 aliphatic heterocycles. The van der Waals surface area contributed by atoms with E-state index >= 15 is 0 Å². The van der Waals surface area contributed by atoms with Crippen molar-refractivity contribution in [1.82, 2.24) is 9.55 Å². The summed E-state index contributed by atoms with van der Waals surface area (Å²) in [4.78, 5) is 33.5. The summed E-state index contributed by atoms with van der Waals surface area (Å²) in [5.41, 5.74) is 3.68. The summed E-state index contributed by atoms with van der Waals surface area (Å²) in [5, 5.41) is 4.17. The predicted octanol–water partition coefficient (Wildman–Crippen LogP) is 5.62. The Bertz CT molecular complexity index is 1440. The third kappa shape index (κ3) is 4.86. The highest BCUT2D eigenvalue weighted by atomic mass is 32.2. The lowest BCUT2D eigenvalue weighted by Gasteiger charge is -2.18. The molecule has 1 atom stereocenters. The van der Waals surface area contributed by atoms with E-state index in [0.717, 1.165) is 52.0 Å². The normalized spacial score (nSPS) is 15.1. The number of hydrogen-bond acceptors (Lipinski definition) is 6. The van der Waals surface area contributed by atoms with Crippen molar-refractivity contribution < 1.29 is 9.53 Å². The molecule has 5 rings (SSSR count). The quantitative estimate of drug-likeness (QED) is 0.272. The van der Waals surface area contributed by atoms with Crippen LogP contribution in [0.3, 0.4) is 0 Å². The number of fused-ring (bicyclic) bond motifs is 3. The van der Waals surface area contributed by atoms with Crippen LogP contribution in [0.4, 0.5) is 5.69 Å². The van der Waals surface area contributed by atoms with Crippen molar-refractivity contribution in [3.63, 3.8) is 0 Å². The minimum atomic E-state index is -0.163. The van der Waals surface area contributed by atoms with Crippen molar-refractivity contribution in [2.24, 2.45) is 5.92 Å². The molecule has 1 unspecified atom stereocenters. The topological polar surface area (TPSA) is 73.2 Å². The number of nitrogens with zero attached hydrogens (tertiary/aromatic N) is 2. The number of rotatable bonds is 6. The van der Waals surface area contributed by atoms with Gasteiger partial charge in [-0.15, -0.1) is 11.3 Å². The Morgan fingerprint density at radius 3 is 2.66 bits per heavy atom.